The van der Waals surface area contributed by atoms with Crippen LogP contribution in [0.3, 0.4) is 0 Å². The summed E-state index contributed by atoms with van der Waals surface area (Å²) < 4.78 is 4.89. The van der Waals surface area contributed by atoms with E-state index in [1.165, 1.54) is 35.5 Å². The molecule has 1 fully saturated rings. The lowest BCUT2D eigenvalue weighted by Gasteiger charge is -2.18. The third-order valence-corrected chi connectivity index (χ3v) is 5.55. The molecule has 2 aromatic rings. The lowest BCUT2D eigenvalue weighted by molar-refractivity contribution is -0.145. The van der Waals surface area contributed by atoms with E-state index in [0.29, 0.717) is 6.54 Å². The smallest absolute Gasteiger partial charge is 0.311 e. The van der Waals surface area contributed by atoms with Gasteiger partial charge < -0.3 is 14.7 Å². The second-order valence-corrected chi connectivity index (χ2v) is 7.41. The quantitative estimate of drug-likeness (QED) is 0.797. The maximum Gasteiger partial charge on any atom is 0.311 e. The molecule has 2 unspecified atom stereocenters. The number of likely N-dealkylation sites (tertiary alicyclic amines) is 1. The van der Waals surface area contributed by atoms with Crippen LogP contribution in [0.25, 0.3) is 0 Å². The van der Waals surface area contributed by atoms with Gasteiger partial charge in [0.05, 0.1) is 23.6 Å². The first-order chi connectivity index (χ1) is 11.9. The number of thiophene rings is 1. The standard InChI is InChI=1S/C17H15Cl2NO4S/c1-24-17(23)12-7-20(6-11(12)9-2-3-25-8-9)16(22)15-13(19)4-10(18)5-14(15)21/h2-5,8,11-12,21H,6-7H2,1H3. The number of esters is 1. The number of amides is 1. The van der Waals surface area contributed by atoms with Crippen LogP contribution in [0.5, 0.6) is 5.75 Å². The van der Waals surface area contributed by atoms with Crippen molar-refractivity contribution in [2.75, 3.05) is 20.2 Å². The predicted molar refractivity (Wildman–Crippen MR) is 96.6 cm³/mol. The van der Waals surface area contributed by atoms with E-state index >= 15 is 0 Å². The molecule has 1 aromatic heterocycles. The average Bonchev–Trinajstić information content (AvgIpc) is 3.22. The third-order valence-electron chi connectivity index (χ3n) is 4.33. The van der Waals surface area contributed by atoms with Crippen LogP contribution >= 0.6 is 34.5 Å². The summed E-state index contributed by atoms with van der Waals surface area (Å²) in [4.78, 5) is 26.5. The van der Waals surface area contributed by atoms with Crippen molar-refractivity contribution in [3.8, 4) is 5.75 Å². The number of hydrogen-bond acceptors (Lipinski definition) is 5. The average molecular weight is 400 g/mol. The van der Waals surface area contributed by atoms with Gasteiger partial charge in [0.25, 0.3) is 5.91 Å². The van der Waals surface area contributed by atoms with Gasteiger partial charge in [-0.25, -0.2) is 0 Å². The molecule has 1 amide bonds. The minimum Gasteiger partial charge on any atom is -0.507 e. The Hall–Kier alpha value is -1.76. The summed E-state index contributed by atoms with van der Waals surface area (Å²) >= 11 is 13.4. The highest BCUT2D eigenvalue weighted by Crippen LogP contribution is 2.37. The zero-order valence-electron chi connectivity index (χ0n) is 13.2. The van der Waals surface area contributed by atoms with Crippen LogP contribution in [0.2, 0.25) is 10.0 Å². The second kappa shape index (κ2) is 7.23. The molecule has 2 heterocycles. The summed E-state index contributed by atoms with van der Waals surface area (Å²) in [5, 5.41) is 14.3. The summed E-state index contributed by atoms with van der Waals surface area (Å²) in [6.45, 7) is 0.540. The Morgan fingerprint density at radius 3 is 2.68 bits per heavy atom. The maximum absolute atomic E-state index is 12.9. The fourth-order valence-corrected chi connectivity index (χ4v) is 4.40. The number of benzene rings is 1. The molecule has 1 N–H and O–H groups in total. The molecule has 3 rings (SSSR count). The summed E-state index contributed by atoms with van der Waals surface area (Å²) in [6, 6.07) is 4.61. The monoisotopic (exact) mass is 399 g/mol. The van der Waals surface area contributed by atoms with E-state index in [-0.39, 0.29) is 39.8 Å². The van der Waals surface area contributed by atoms with Crippen LogP contribution in [0.1, 0.15) is 21.8 Å². The van der Waals surface area contributed by atoms with Crippen LogP contribution in [-0.4, -0.2) is 42.1 Å². The number of nitrogens with zero attached hydrogens (tertiary/aromatic N) is 1. The SMILES string of the molecule is COC(=O)C1CN(C(=O)c2c(O)cc(Cl)cc2Cl)CC1c1ccsc1. The number of methoxy groups -OCH3 is 1. The van der Waals surface area contributed by atoms with Gasteiger partial charge in [-0.2, -0.15) is 11.3 Å². The summed E-state index contributed by atoms with van der Waals surface area (Å²) in [5.41, 5.74) is 0.975. The molecule has 2 atom stereocenters. The van der Waals surface area contributed by atoms with Gasteiger partial charge in [-0.3, -0.25) is 9.59 Å². The maximum atomic E-state index is 12.9. The van der Waals surface area contributed by atoms with E-state index in [1.807, 2.05) is 16.8 Å². The first-order valence-electron chi connectivity index (χ1n) is 7.49. The van der Waals surface area contributed by atoms with Gasteiger partial charge in [0.15, 0.2) is 0 Å². The molecule has 1 aliphatic rings. The lowest BCUT2D eigenvalue weighted by atomic mass is 9.91. The Labute approximate surface area is 158 Å². The fraction of sp³-hybridized carbons (Fsp3) is 0.294. The molecule has 25 heavy (non-hydrogen) atoms. The van der Waals surface area contributed by atoms with E-state index in [2.05, 4.69) is 0 Å². The van der Waals surface area contributed by atoms with Gasteiger partial charge in [0.2, 0.25) is 0 Å². The third kappa shape index (κ3) is 3.47. The van der Waals surface area contributed by atoms with Gasteiger partial charge in [0.1, 0.15) is 5.75 Å². The Balaban J connectivity index is 1.91. The van der Waals surface area contributed by atoms with Crippen molar-refractivity contribution >= 4 is 46.4 Å². The minimum absolute atomic E-state index is 0.0133. The van der Waals surface area contributed by atoms with Crippen molar-refractivity contribution in [2.45, 2.75) is 5.92 Å². The van der Waals surface area contributed by atoms with E-state index in [9.17, 15) is 14.7 Å². The van der Waals surface area contributed by atoms with Crippen LogP contribution < -0.4 is 0 Å². The van der Waals surface area contributed by atoms with Crippen molar-refractivity contribution < 1.29 is 19.4 Å². The van der Waals surface area contributed by atoms with Crippen LogP contribution in [0, 0.1) is 5.92 Å². The number of carbonyl (C=O) groups is 2. The first kappa shape index (κ1) is 18.0. The number of aromatic hydroxyl groups is 1. The summed E-state index contributed by atoms with van der Waals surface area (Å²) in [7, 11) is 1.33. The van der Waals surface area contributed by atoms with Crippen molar-refractivity contribution in [3.63, 3.8) is 0 Å². The highest BCUT2D eigenvalue weighted by atomic mass is 35.5. The van der Waals surface area contributed by atoms with Gasteiger partial charge >= 0.3 is 5.97 Å². The minimum atomic E-state index is -0.461. The molecule has 1 aliphatic heterocycles. The summed E-state index contributed by atoms with van der Waals surface area (Å²) in [6.07, 6.45) is 0. The number of phenols is 1. The van der Waals surface area contributed by atoms with Gasteiger partial charge in [-0.1, -0.05) is 23.2 Å². The highest BCUT2D eigenvalue weighted by molar-refractivity contribution is 7.08. The number of hydrogen-bond donors (Lipinski definition) is 1. The van der Waals surface area contributed by atoms with Crippen LogP contribution in [0.4, 0.5) is 0 Å². The van der Waals surface area contributed by atoms with E-state index < -0.39 is 11.8 Å². The normalized spacial score (nSPS) is 19.9. The summed E-state index contributed by atoms with van der Waals surface area (Å²) in [5.74, 6) is -1.70. The number of halogens is 2. The molecule has 0 saturated carbocycles. The fourth-order valence-electron chi connectivity index (χ4n) is 3.11. The van der Waals surface area contributed by atoms with Gasteiger partial charge in [-0.15, -0.1) is 0 Å². The zero-order valence-corrected chi connectivity index (χ0v) is 15.6. The molecule has 132 valence electrons. The Morgan fingerprint density at radius 2 is 2.08 bits per heavy atom. The molecule has 0 radical (unpaired) electrons. The molecule has 5 nitrogen and oxygen atoms in total. The molecule has 0 bridgehead atoms. The van der Waals surface area contributed by atoms with E-state index in [0.717, 1.165) is 5.56 Å². The Morgan fingerprint density at radius 1 is 1.32 bits per heavy atom. The Bertz CT molecular complexity index is 786. The lowest BCUT2D eigenvalue weighted by Crippen LogP contribution is -2.30. The first-order valence-corrected chi connectivity index (χ1v) is 9.19. The van der Waals surface area contributed by atoms with Gasteiger partial charge in [0, 0.05) is 24.0 Å². The van der Waals surface area contributed by atoms with E-state index in [1.54, 1.807) is 0 Å². The topological polar surface area (TPSA) is 66.8 Å². The van der Waals surface area contributed by atoms with E-state index in [4.69, 9.17) is 27.9 Å². The predicted octanol–water partition coefficient (Wildman–Crippen LogP) is 3.79. The van der Waals surface area contributed by atoms with Crippen molar-refractivity contribution in [2.24, 2.45) is 5.92 Å². The van der Waals surface area contributed by atoms with Gasteiger partial charge in [-0.05, 0) is 34.5 Å². The van der Waals surface area contributed by atoms with Crippen molar-refractivity contribution in [3.05, 3.63) is 50.1 Å². The highest BCUT2D eigenvalue weighted by Gasteiger charge is 2.42. The van der Waals surface area contributed by atoms with Crippen LogP contribution in [0.15, 0.2) is 29.0 Å². The molecular formula is C17H15Cl2NO4S. The largest absolute Gasteiger partial charge is 0.507 e. The Kier molecular flexibility index (Phi) is 5.22. The van der Waals surface area contributed by atoms with Crippen LogP contribution in [-0.2, 0) is 9.53 Å². The van der Waals surface area contributed by atoms with Crippen molar-refractivity contribution in [1.29, 1.82) is 0 Å². The molecule has 0 aliphatic carbocycles. The molecule has 1 aromatic carbocycles. The second-order valence-electron chi connectivity index (χ2n) is 5.78. The molecule has 0 spiro atoms. The number of phenolic OH excluding ortho intramolecular Hbond substituents is 1. The zero-order chi connectivity index (χ0) is 18.1. The number of rotatable bonds is 3. The molecule has 8 heteroatoms. The molecular weight excluding hydrogens is 385 g/mol. The number of ether oxygens (including phenoxy) is 1. The number of carbonyl (C=O) groups excluding carboxylic acids is 2. The van der Waals surface area contributed by atoms with Crippen molar-refractivity contribution in [1.82, 2.24) is 4.90 Å². The molecule has 1 saturated heterocycles.